The van der Waals surface area contributed by atoms with E-state index in [1.807, 2.05) is 42.3 Å². The van der Waals surface area contributed by atoms with Gasteiger partial charge in [0.1, 0.15) is 10.6 Å². The number of carbonyl (C=O) groups is 2. The first-order valence-corrected chi connectivity index (χ1v) is 14.3. The molecule has 0 atom stereocenters. The number of rotatable bonds is 7. The quantitative estimate of drug-likeness (QED) is 0.429. The first kappa shape index (κ1) is 27.3. The van der Waals surface area contributed by atoms with Gasteiger partial charge in [0, 0.05) is 42.1 Å². The third-order valence-corrected chi connectivity index (χ3v) is 9.33. The lowest BCUT2D eigenvalue weighted by molar-refractivity contribution is -0.117. The second kappa shape index (κ2) is 11.3. The number of halogens is 1. The molecule has 1 N–H and O–H groups in total. The fourth-order valence-corrected chi connectivity index (χ4v) is 6.74. The number of carbonyl (C=O) groups excluding carboxylic acids is 2. The molecule has 11 heteroatoms. The van der Waals surface area contributed by atoms with Crippen molar-refractivity contribution in [3.05, 3.63) is 69.6 Å². The lowest BCUT2D eigenvalue weighted by atomic mass is 9.97. The molecule has 0 spiro atoms. The van der Waals surface area contributed by atoms with Crippen LogP contribution in [0.1, 0.15) is 21.5 Å². The number of hydrogen-bond acceptors (Lipinski definition) is 7. The van der Waals surface area contributed by atoms with Crippen molar-refractivity contribution in [3.63, 3.8) is 0 Å². The van der Waals surface area contributed by atoms with Crippen molar-refractivity contribution in [2.45, 2.75) is 18.7 Å². The second-order valence-corrected chi connectivity index (χ2v) is 12.1. The summed E-state index contributed by atoms with van der Waals surface area (Å²) in [6.07, 6.45) is 0. The minimum atomic E-state index is -3.63. The summed E-state index contributed by atoms with van der Waals surface area (Å²) >= 11 is 7.15. The zero-order valence-electron chi connectivity index (χ0n) is 20.8. The molecule has 1 aromatic heterocycles. The Morgan fingerprint density at radius 2 is 1.70 bits per heavy atom. The van der Waals surface area contributed by atoms with Gasteiger partial charge in [0.05, 0.1) is 18.6 Å². The summed E-state index contributed by atoms with van der Waals surface area (Å²) in [6, 6.07) is 12.1. The summed E-state index contributed by atoms with van der Waals surface area (Å²) in [5.41, 5.74) is 4.03. The van der Waals surface area contributed by atoms with Crippen LogP contribution in [-0.2, 0) is 19.6 Å². The molecular weight excluding hydrogens is 534 g/mol. The predicted octanol–water partition coefficient (Wildman–Crippen LogP) is 4.42. The number of amides is 1. The van der Waals surface area contributed by atoms with Crippen LogP contribution >= 0.6 is 22.9 Å². The van der Waals surface area contributed by atoms with E-state index in [0.29, 0.717) is 28.7 Å². The number of esters is 1. The fourth-order valence-electron chi connectivity index (χ4n) is 4.23. The number of thiophene rings is 1. The van der Waals surface area contributed by atoms with Crippen LogP contribution in [0.25, 0.3) is 11.1 Å². The van der Waals surface area contributed by atoms with Gasteiger partial charge in [-0.2, -0.15) is 4.31 Å². The monoisotopic (exact) mass is 561 g/mol. The minimum Gasteiger partial charge on any atom is -0.465 e. The molecule has 3 aromatic rings. The van der Waals surface area contributed by atoms with Crippen LogP contribution in [0.15, 0.2) is 52.7 Å². The highest BCUT2D eigenvalue weighted by atomic mass is 35.5. The normalized spacial score (nSPS) is 14.9. The molecule has 1 fully saturated rings. The molecule has 0 bridgehead atoms. The van der Waals surface area contributed by atoms with Crippen molar-refractivity contribution in [1.29, 1.82) is 0 Å². The lowest BCUT2D eigenvalue weighted by Crippen LogP contribution is -2.50. The summed E-state index contributed by atoms with van der Waals surface area (Å²) in [5.74, 6) is -0.804. The Kier molecular flexibility index (Phi) is 8.35. The highest BCUT2D eigenvalue weighted by Gasteiger charge is 2.30. The Morgan fingerprint density at radius 3 is 2.35 bits per heavy atom. The lowest BCUT2D eigenvalue weighted by Gasteiger charge is -2.33. The van der Waals surface area contributed by atoms with E-state index in [0.717, 1.165) is 22.3 Å². The number of ether oxygens (including phenoxy) is 1. The zero-order valence-corrected chi connectivity index (χ0v) is 23.2. The van der Waals surface area contributed by atoms with Gasteiger partial charge in [-0.15, -0.1) is 11.3 Å². The molecule has 0 unspecified atom stereocenters. The van der Waals surface area contributed by atoms with Gasteiger partial charge in [-0.25, -0.2) is 13.2 Å². The molecule has 0 saturated carbocycles. The SMILES string of the molecule is COC(=O)c1c(-c2cc(C)ccc2C)csc1NC(=O)CN1CCN(S(=O)(=O)c2ccc(Cl)cc2)CC1. The Labute approximate surface area is 225 Å². The zero-order chi connectivity index (χ0) is 26.7. The third kappa shape index (κ3) is 6.05. The first-order chi connectivity index (χ1) is 17.6. The number of piperazine rings is 1. The van der Waals surface area contributed by atoms with E-state index < -0.39 is 16.0 Å². The van der Waals surface area contributed by atoms with Gasteiger partial charge in [-0.1, -0.05) is 35.4 Å². The standard InChI is InChI=1S/C26H28ClN3O5S2/c1-17-4-5-18(2)21(14-17)22-16-36-25(24(22)26(32)35-3)28-23(31)15-29-10-12-30(13-11-29)37(33,34)20-8-6-19(27)7-9-20/h4-9,14,16H,10-13,15H2,1-3H3,(H,28,31). The Bertz CT molecular complexity index is 1410. The molecule has 0 radical (unpaired) electrons. The van der Waals surface area contributed by atoms with Crippen LogP contribution in [0.4, 0.5) is 5.00 Å². The van der Waals surface area contributed by atoms with Crippen molar-refractivity contribution >= 4 is 49.8 Å². The van der Waals surface area contributed by atoms with Crippen molar-refractivity contribution in [1.82, 2.24) is 9.21 Å². The molecule has 2 aromatic carbocycles. The number of benzene rings is 2. The molecule has 8 nitrogen and oxygen atoms in total. The van der Waals surface area contributed by atoms with E-state index in [9.17, 15) is 18.0 Å². The van der Waals surface area contributed by atoms with E-state index in [1.165, 1.54) is 34.9 Å². The smallest absolute Gasteiger partial charge is 0.341 e. The molecule has 1 saturated heterocycles. The van der Waals surface area contributed by atoms with Crippen LogP contribution < -0.4 is 5.32 Å². The minimum absolute atomic E-state index is 0.0755. The molecule has 1 aliphatic rings. The number of anilines is 1. The average Bonchev–Trinajstić information content (AvgIpc) is 3.28. The van der Waals surface area contributed by atoms with Gasteiger partial charge >= 0.3 is 5.97 Å². The topological polar surface area (TPSA) is 96.0 Å². The molecule has 0 aliphatic carbocycles. The van der Waals surface area contributed by atoms with E-state index >= 15 is 0 Å². The van der Waals surface area contributed by atoms with Crippen molar-refractivity contribution in [2.24, 2.45) is 0 Å². The largest absolute Gasteiger partial charge is 0.465 e. The number of nitrogens with one attached hydrogen (secondary N) is 1. The summed E-state index contributed by atoms with van der Waals surface area (Å²) < 4.78 is 32.2. The Hall–Kier alpha value is -2.76. The van der Waals surface area contributed by atoms with Crippen LogP contribution in [0.2, 0.25) is 5.02 Å². The number of hydrogen-bond donors (Lipinski definition) is 1. The maximum absolute atomic E-state index is 12.9. The van der Waals surface area contributed by atoms with E-state index in [1.54, 1.807) is 12.1 Å². The molecule has 4 rings (SSSR count). The summed E-state index contributed by atoms with van der Waals surface area (Å²) in [6.45, 7) is 5.37. The van der Waals surface area contributed by atoms with Crippen LogP contribution in [0.3, 0.4) is 0 Å². The van der Waals surface area contributed by atoms with Gasteiger partial charge in [0.2, 0.25) is 15.9 Å². The number of nitrogens with zero attached hydrogens (tertiary/aromatic N) is 2. The van der Waals surface area contributed by atoms with E-state index in [4.69, 9.17) is 16.3 Å². The van der Waals surface area contributed by atoms with Gasteiger partial charge in [-0.3, -0.25) is 9.69 Å². The van der Waals surface area contributed by atoms with Crippen LogP contribution in [0, 0.1) is 13.8 Å². The maximum atomic E-state index is 12.9. The molecule has 196 valence electrons. The second-order valence-electron chi connectivity index (χ2n) is 8.85. The van der Waals surface area contributed by atoms with Gasteiger partial charge in [-0.05, 0) is 49.2 Å². The van der Waals surface area contributed by atoms with Gasteiger partial charge < -0.3 is 10.1 Å². The third-order valence-electron chi connectivity index (χ3n) is 6.27. The van der Waals surface area contributed by atoms with Crippen LogP contribution in [0.5, 0.6) is 0 Å². The van der Waals surface area contributed by atoms with E-state index in [-0.39, 0.29) is 30.4 Å². The maximum Gasteiger partial charge on any atom is 0.341 e. The molecule has 1 aliphatic heterocycles. The summed E-state index contributed by atoms with van der Waals surface area (Å²) in [5, 5.41) is 5.61. The Balaban J connectivity index is 1.43. The summed E-state index contributed by atoms with van der Waals surface area (Å²) in [7, 11) is -2.31. The Morgan fingerprint density at radius 1 is 1.03 bits per heavy atom. The number of methoxy groups -OCH3 is 1. The van der Waals surface area contributed by atoms with Crippen molar-refractivity contribution in [2.75, 3.05) is 45.2 Å². The molecule has 1 amide bonds. The molecular formula is C26H28ClN3O5S2. The number of aryl methyl sites for hydroxylation is 2. The average molecular weight is 562 g/mol. The number of sulfonamides is 1. The predicted molar refractivity (Wildman–Crippen MR) is 146 cm³/mol. The summed E-state index contributed by atoms with van der Waals surface area (Å²) in [4.78, 5) is 27.7. The fraction of sp³-hybridized carbons (Fsp3) is 0.308. The van der Waals surface area contributed by atoms with E-state index in [2.05, 4.69) is 5.32 Å². The van der Waals surface area contributed by atoms with Crippen LogP contribution in [-0.4, -0.2) is 69.3 Å². The highest BCUT2D eigenvalue weighted by Crippen LogP contribution is 2.38. The van der Waals surface area contributed by atoms with Crippen molar-refractivity contribution < 1.29 is 22.7 Å². The van der Waals surface area contributed by atoms with Crippen molar-refractivity contribution in [3.8, 4) is 11.1 Å². The molecule has 2 heterocycles. The van der Waals surface area contributed by atoms with Gasteiger partial charge in [0.25, 0.3) is 0 Å². The first-order valence-electron chi connectivity index (χ1n) is 11.7. The highest BCUT2D eigenvalue weighted by molar-refractivity contribution is 7.89. The molecule has 37 heavy (non-hydrogen) atoms. The van der Waals surface area contributed by atoms with Gasteiger partial charge in [0.15, 0.2) is 0 Å².